The van der Waals surface area contributed by atoms with E-state index in [9.17, 15) is 14.9 Å². The molecule has 1 unspecified atom stereocenters. The number of carbonyl (C=O) groups excluding carboxylic acids is 1. The van der Waals surface area contributed by atoms with Gasteiger partial charge in [-0.15, -0.1) is 0 Å². The molecule has 0 aliphatic carbocycles. The lowest BCUT2D eigenvalue weighted by Crippen LogP contribution is -2.36. The van der Waals surface area contributed by atoms with E-state index >= 15 is 0 Å². The Labute approximate surface area is 131 Å². The van der Waals surface area contributed by atoms with Crippen LogP contribution in [-0.2, 0) is 0 Å². The molecule has 0 aliphatic rings. The van der Waals surface area contributed by atoms with E-state index in [1.807, 2.05) is 6.92 Å². The van der Waals surface area contributed by atoms with Gasteiger partial charge < -0.3 is 10.6 Å². The minimum Gasteiger partial charge on any atom is -0.335 e. The summed E-state index contributed by atoms with van der Waals surface area (Å²) in [5.74, 6) is 0. The zero-order chi connectivity index (χ0) is 16.5. The van der Waals surface area contributed by atoms with Gasteiger partial charge in [0.05, 0.1) is 16.2 Å². The van der Waals surface area contributed by atoms with E-state index in [2.05, 4.69) is 17.6 Å². The zero-order valence-corrected chi connectivity index (χ0v) is 13.5. The highest BCUT2D eigenvalue weighted by atomic mass is 16.6. The molecule has 22 heavy (non-hydrogen) atoms. The van der Waals surface area contributed by atoms with Gasteiger partial charge in [-0.1, -0.05) is 38.7 Å². The number of benzene rings is 1. The van der Waals surface area contributed by atoms with Crippen LogP contribution in [0.15, 0.2) is 18.2 Å². The Morgan fingerprint density at radius 3 is 2.68 bits per heavy atom. The predicted molar refractivity (Wildman–Crippen MR) is 88.2 cm³/mol. The van der Waals surface area contributed by atoms with Crippen LogP contribution >= 0.6 is 0 Å². The van der Waals surface area contributed by atoms with Crippen LogP contribution in [0.2, 0.25) is 0 Å². The number of hydrogen-bond donors (Lipinski definition) is 2. The monoisotopic (exact) mass is 307 g/mol. The van der Waals surface area contributed by atoms with Gasteiger partial charge in [0.15, 0.2) is 0 Å². The fourth-order valence-corrected chi connectivity index (χ4v) is 2.29. The minimum absolute atomic E-state index is 0.00501. The van der Waals surface area contributed by atoms with Crippen molar-refractivity contribution in [3.05, 3.63) is 33.9 Å². The van der Waals surface area contributed by atoms with Gasteiger partial charge in [0.2, 0.25) is 0 Å². The third-order valence-corrected chi connectivity index (χ3v) is 3.62. The molecule has 2 amide bonds. The maximum absolute atomic E-state index is 12.0. The van der Waals surface area contributed by atoms with Crippen LogP contribution in [-0.4, -0.2) is 17.0 Å². The molecular weight excluding hydrogens is 282 g/mol. The second-order valence-corrected chi connectivity index (χ2v) is 5.56. The van der Waals surface area contributed by atoms with Crippen molar-refractivity contribution in [1.29, 1.82) is 0 Å². The van der Waals surface area contributed by atoms with E-state index in [0.29, 0.717) is 11.3 Å². The number of hydrogen-bond acceptors (Lipinski definition) is 3. The number of urea groups is 1. The average molecular weight is 307 g/mol. The molecule has 0 bridgehead atoms. The van der Waals surface area contributed by atoms with Crippen molar-refractivity contribution in [2.24, 2.45) is 0 Å². The summed E-state index contributed by atoms with van der Waals surface area (Å²) in [5, 5.41) is 16.4. The molecule has 0 aliphatic heterocycles. The van der Waals surface area contributed by atoms with Crippen molar-refractivity contribution in [3.8, 4) is 0 Å². The van der Waals surface area contributed by atoms with E-state index in [4.69, 9.17) is 0 Å². The third-order valence-electron chi connectivity index (χ3n) is 3.62. The van der Waals surface area contributed by atoms with Gasteiger partial charge in [-0.05, 0) is 26.3 Å². The van der Waals surface area contributed by atoms with Gasteiger partial charge in [-0.3, -0.25) is 10.1 Å². The zero-order valence-electron chi connectivity index (χ0n) is 13.5. The largest absolute Gasteiger partial charge is 0.335 e. The van der Waals surface area contributed by atoms with E-state index in [1.165, 1.54) is 25.3 Å². The smallest absolute Gasteiger partial charge is 0.319 e. The first-order valence-corrected chi connectivity index (χ1v) is 7.77. The van der Waals surface area contributed by atoms with Crippen molar-refractivity contribution in [1.82, 2.24) is 5.32 Å². The Hall–Kier alpha value is -2.11. The van der Waals surface area contributed by atoms with Crippen molar-refractivity contribution in [3.63, 3.8) is 0 Å². The number of nitro benzene ring substituents is 1. The van der Waals surface area contributed by atoms with E-state index in [1.54, 1.807) is 19.1 Å². The quantitative estimate of drug-likeness (QED) is 0.424. The summed E-state index contributed by atoms with van der Waals surface area (Å²) < 4.78 is 0. The van der Waals surface area contributed by atoms with Crippen LogP contribution in [0, 0.1) is 17.0 Å². The molecule has 1 aromatic carbocycles. The van der Waals surface area contributed by atoms with E-state index in [-0.39, 0.29) is 17.8 Å². The SMILES string of the molecule is CCCCCCC(C)NC(=O)Nc1cccc([N+](=O)[O-])c1C. The van der Waals surface area contributed by atoms with Gasteiger partial charge in [0, 0.05) is 12.1 Å². The Morgan fingerprint density at radius 2 is 2.05 bits per heavy atom. The van der Waals surface area contributed by atoms with Gasteiger partial charge in [0.25, 0.3) is 5.69 Å². The molecule has 1 rings (SSSR count). The lowest BCUT2D eigenvalue weighted by molar-refractivity contribution is -0.385. The van der Waals surface area contributed by atoms with Crippen molar-refractivity contribution in [2.75, 3.05) is 5.32 Å². The average Bonchev–Trinajstić information content (AvgIpc) is 2.45. The Morgan fingerprint density at radius 1 is 1.32 bits per heavy atom. The molecule has 1 atom stereocenters. The lowest BCUT2D eigenvalue weighted by atomic mass is 10.1. The molecule has 6 heteroatoms. The van der Waals surface area contributed by atoms with E-state index < -0.39 is 4.92 Å². The molecule has 1 aromatic rings. The normalized spacial score (nSPS) is 11.8. The molecule has 6 nitrogen and oxygen atoms in total. The first kappa shape index (κ1) is 17.9. The topological polar surface area (TPSA) is 84.3 Å². The summed E-state index contributed by atoms with van der Waals surface area (Å²) in [6.45, 7) is 5.75. The number of anilines is 1. The van der Waals surface area contributed by atoms with Crippen LogP contribution < -0.4 is 10.6 Å². The Bertz CT molecular complexity index is 517. The van der Waals surface area contributed by atoms with Gasteiger partial charge in [-0.25, -0.2) is 4.79 Å². The highest BCUT2D eigenvalue weighted by Gasteiger charge is 2.15. The fraction of sp³-hybridized carbons (Fsp3) is 0.562. The highest BCUT2D eigenvalue weighted by Crippen LogP contribution is 2.24. The number of nitrogens with zero attached hydrogens (tertiary/aromatic N) is 1. The maximum atomic E-state index is 12.0. The molecule has 0 aromatic heterocycles. The summed E-state index contributed by atoms with van der Waals surface area (Å²) in [4.78, 5) is 22.4. The van der Waals surface area contributed by atoms with Gasteiger partial charge >= 0.3 is 6.03 Å². The molecule has 122 valence electrons. The lowest BCUT2D eigenvalue weighted by Gasteiger charge is -2.15. The van der Waals surface area contributed by atoms with Gasteiger partial charge in [-0.2, -0.15) is 0 Å². The molecular formula is C16H25N3O3. The highest BCUT2D eigenvalue weighted by molar-refractivity contribution is 5.90. The molecule has 2 N–H and O–H groups in total. The molecule has 0 spiro atoms. The summed E-state index contributed by atoms with van der Waals surface area (Å²) in [5.41, 5.74) is 0.925. The summed E-state index contributed by atoms with van der Waals surface area (Å²) >= 11 is 0. The molecule has 0 saturated heterocycles. The maximum Gasteiger partial charge on any atom is 0.319 e. The van der Waals surface area contributed by atoms with Crippen LogP contribution in [0.4, 0.5) is 16.2 Å². The number of carbonyl (C=O) groups is 1. The number of rotatable bonds is 8. The van der Waals surface area contributed by atoms with Crippen molar-refractivity contribution < 1.29 is 9.72 Å². The summed E-state index contributed by atoms with van der Waals surface area (Å²) in [7, 11) is 0. The van der Waals surface area contributed by atoms with Gasteiger partial charge in [0.1, 0.15) is 0 Å². The van der Waals surface area contributed by atoms with E-state index in [0.717, 1.165) is 12.8 Å². The standard InChI is InChI=1S/C16H25N3O3/c1-4-5-6-7-9-12(2)17-16(20)18-14-10-8-11-15(13(14)3)19(21)22/h8,10-12H,4-7,9H2,1-3H3,(H2,17,18,20). The Kier molecular flexibility index (Phi) is 7.36. The number of nitro groups is 1. The molecule has 0 radical (unpaired) electrons. The van der Waals surface area contributed by atoms with Crippen LogP contribution in [0.5, 0.6) is 0 Å². The van der Waals surface area contributed by atoms with Crippen molar-refractivity contribution >= 4 is 17.4 Å². The predicted octanol–water partition coefficient (Wildman–Crippen LogP) is 4.38. The second kappa shape index (κ2) is 9.02. The molecule has 0 heterocycles. The molecule has 0 saturated carbocycles. The number of amides is 2. The second-order valence-electron chi connectivity index (χ2n) is 5.56. The summed E-state index contributed by atoms with van der Waals surface area (Å²) in [6.07, 6.45) is 5.60. The van der Waals surface area contributed by atoms with Crippen LogP contribution in [0.1, 0.15) is 51.5 Å². The first-order chi connectivity index (χ1) is 10.5. The molecule has 0 fully saturated rings. The Balaban J connectivity index is 2.51. The summed E-state index contributed by atoms with van der Waals surface area (Å²) in [6, 6.07) is 4.40. The first-order valence-electron chi connectivity index (χ1n) is 7.77. The minimum atomic E-state index is -0.450. The number of nitrogens with one attached hydrogen (secondary N) is 2. The third kappa shape index (κ3) is 5.71. The fourth-order valence-electron chi connectivity index (χ4n) is 2.29. The van der Waals surface area contributed by atoms with Crippen LogP contribution in [0.3, 0.4) is 0 Å². The van der Waals surface area contributed by atoms with Crippen LogP contribution in [0.25, 0.3) is 0 Å². The number of unbranched alkanes of at least 4 members (excludes halogenated alkanes) is 3. The van der Waals surface area contributed by atoms with Crippen molar-refractivity contribution in [2.45, 2.75) is 58.9 Å².